The maximum atomic E-state index is 14.7. The minimum absolute atomic E-state index is 0.408. The van der Waals surface area contributed by atoms with Crippen LogP contribution in [0, 0.1) is 0 Å². The van der Waals surface area contributed by atoms with Crippen LogP contribution in [0.3, 0.4) is 0 Å². The highest BCUT2D eigenvalue weighted by atomic mass is 19.1. The fourth-order valence-corrected chi connectivity index (χ4v) is 3.20. The van der Waals surface area contributed by atoms with Crippen LogP contribution in [-0.2, 0) is 6.42 Å². The SMILES string of the molecule is FC1(Cc2ccncc2)CC2CCC(C1)N2. The Balaban J connectivity index is 1.74. The number of hydrogen-bond acceptors (Lipinski definition) is 2. The summed E-state index contributed by atoms with van der Waals surface area (Å²) in [5.41, 5.74) is 0.0668. The lowest BCUT2D eigenvalue weighted by molar-refractivity contribution is 0.0893. The largest absolute Gasteiger partial charge is 0.311 e. The Morgan fingerprint density at radius 3 is 2.50 bits per heavy atom. The van der Waals surface area contributed by atoms with E-state index in [1.165, 1.54) is 0 Å². The maximum Gasteiger partial charge on any atom is 0.118 e. The van der Waals surface area contributed by atoms with Gasteiger partial charge in [-0.15, -0.1) is 0 Å². The number of nitrogens with zero attached hydrogens (tertiary/aromatic N) is 1. The van der Waals surface area contributed by atoms with E-state index in [0.717, 1.165) is 18.4 Å². The molecule has 1 aromatic heterocycles. The van der Waals surface area contributed by atoms with E-state index < -0.39 is 5.67 Å². The third kappa shape index (κ3) is 1.96. The summed E-state index contributed by atoms with van der Waals surface area (Å²) < 4.78 is 14.7. The van der Waals surface area contributed by atoms with Crippen LogP contribution in [0.5, 0.6) is 0 Å². The molecule has 3 heteroatoms. The average Bonchev–Trinajstić information content (AvgIpc) is 2.59. The fourth-order valence-electron chi connectivity index (χ4n) is 3.20. The number of rotatable bonds is 2. The van der Waals surface area contributed by atoms with Gasteiger partial charge in [0.15, 0.2) is 0 Å². The van der Waals surface area contributed by atoms with Crippen LogP contribution in [-0.4, -0.2) is 22.7 Å². The molecule has 2 atom stereocenters. The van der Waals surface area contributed by atoms with E-state index in [0.29, 0.717) is 31.3 Å². The Kier molecular flexibility index (Phi) is 2.43. The van der Waals surface area contributed by atoms with Gasteiger partial charge in [0.2, 0.25) is 0 Å². The molecule has 3 heterocycles. The van der Waals surface area contributed by atoms with E-state index in [9.17, 15) is 4.39 Å². The highest BCUT2D eigenvalue weighted by Crippen LogP contribution is 2.38. The van der Waals surface area contributed by atoms with E-state index >= 15 is 0 Å². The van der Waals surface area contributed by atoms with Crippen molar-refractivity contribution in [3.05, 3.63) is 30.1 Å². The number of aromatic nitrogens is 1. The van der Waals surface area contributed by atoms with Gasteiger partial charge in [-0.25, -0.2) is 4.39 Å². The maximum absolute atomic E-state index is 14.7. The fraction of sp³-hybridized carbons (Fsp3) is 0.615. The molecule has 16 heavy (non-hydrogen) atoms. The van der Waals surface area contributed by atoms with Crippen LogP contribution < -0.4 is 5.32 Å². The molecule has 2 aliphatic rings. The zero-order chi connectivity index (χ0) is 11.0. The summed E-state index contributed by atoms with van der Waals surface area (Å²) in [4.78, 5) is 3.97. The molecule has 2 nitrogen and oxygen atoms in total. The Bertz CT molecular complexity index is 353. The number of nitrogens with one attached hydrogen (secondary N) is 1. The molecule has 0 spiro atoms. The number of hydrogen-bond donors (Lipinski definition) is 1. The molecule has 1 aromatic rings. The molecule has 2 bridgehead atoms. The van der Waals surface area contributed by atoms with Crippen LogP contribution in [0.2, 0.25) is 0 Å². The smallest absolute Gasteiger partial charge is 0.118 e. The van der Waals surface area contributed by atoms with Gasteiger partial charge in [-0.1, -0.05) is 0 Å². The van der Waals surface area contributed by atoms with Crippen molar-refractivity contribution >= 4 is 0 Å². The molecule has 86 valence electrons. The molecule has 0 aliphatic carbocycles. The van der Waals surface area contributed by atoms with Crippen molar-refractivity contribution in [1.82, 2.24) is 10.3 Å². The molecule has 2 saturated heterocycles. The van der Waals surface area contributed by atoms with Crippen molar-refractivity contribution in [2.45, 2.75) is 49.9 Å². The van der Waals surface area contributed by atoms with Gasteiger partial charge in [-0.05, 0) is 43.4 Å². The Labute approximate surface area is 95.3 Å². The minimum Gasteiger partial charge on any atom is -0.311 e. The van der Waals surface area contributed by atoms with E-state index in [1.54, 1.807) is 12.4 Å². The van der Waals surface area contributed by atoms with Gasteiger partial charge in [0.05, 0.1) is 0 Å². The molecular weight excluding hydrogens is 203 g/mol. The predicted octanol–water partition coefficient (Wildman–Crippen LogP) is 2.25. The van der Waals surface area contributed by atoms with Crippen LogP contribution in [0.1, 0.15) is 31.2 Å². The van der Waals surface area contributed by atoms with Crippen LogP contribution in [0.25, 0.3) is 0 Å². The standard InChI is InChI=1S/C13H17FN2/c14-13(7-10-3-5-15-6-4-10)8-11-1-2-12(9-13)16-11/h3-6,11-12,16H,1-2,7-9H2. The van der Waals surface area contributed by atoms with E-state index in [-0.39, 0.29) is 0 Å². The van der Waals surface area contributed by atoms with Gasteiger partial charge in [0.1, 0.15) is 5.67 Å². The second-order valence-corrected chi connectivity index (χ2v) is 5.23. The van der Waals surface area contributed by atoms with Crippen molar-refractivity contribution in [3.63, 3.8) is 0 Å². The molecule has 0 aromatic carbocycles. The summed E-state index contributed by atoms with van der Waals surface area (Å²) in [6.45, 7) is 0. The lowest BCUT2D eigenvalue weighted by Gasteiger charge is -2.35. The topological polar surface area (TPSA) is 24.9 Å². The second kappa shape index (κ2) is 3.81. The zero-order valence-electron chi connectivity index (χ0n) is 9.32. The lowest BCUT2D eigenvalue weighted by atomic mass is 9.84. The molecule has 2 unspecified atom stereocenters. The molecule has 3 rings (SSSR count). The molecular formula is C13H17FN2. The van der Waals surface area contributed by atoms with E-state index in [4.69, 9.17) is 0 Å². The summed E-state index contributed by atoms with van der Waals surface area (Å²) in [5, 5.41) is 3.48. The molecule has 2 fully saturated rings. The molecule has 0 amide bonds. The predicted molar refractivity (Wildman–Crippen MR) is 61.0 cm³/mol. The van der Waals surface area contributed by atoms with Crippen LogP contribution in [0.4, 0.5) is 4.39 Å². The van der Waals surface area contributed by atoms with Crippen molar-refractivity contribution in [3.8, 4) is 0 Å². The van der Waals surface area contributed by atoms with Gasteiger partial charge >= 0.3 is 0 Å². The molecule has 1 N–H and O–H groups in total. The number of pyridine rings is 1. The second-order valence-electron chi connectivity index (χ2n) is 5.23. The summed E-state index contributed by atoms with van der Waals surface area (Å²) in [6.07, 6.45) is 7.67. The van der Waals surface area contributed by atoms with Gasteiger partial charge in [0, 0.05) is 30.9 Å². The third-order valence-corrected chi connectivity index (χ3v) is 3.83. The van der Waals surface area contributed by atoms with Crippen molar-refractivity contribution in [2.75, 3.05) is 0 Å². The van der Waals surface area contributed by atoms with Crippen molar-refractivity contribution < 1.29 is 4.39 Å². The monoisotopic (exact) mass is 220 g/mol. The number of halogens is 1. The van der Waals surface area contributed by atoms with E-state index in [2.05, 4.69) is 10.3 Å². The highest BCUT2D eigenvalue weighted by Gasteiger charge is 2.43. The first-order chi connectivity index (χ1) is 7.73. The Morgan fingerprint density at radius 1 is 1.25 bits per heavy atom. The van der Waals surface area contributed by atoms with Gasteiger partial charge in [0.25, 0.3) is 0 Å². The summed E-state index contributed by atoms with van der Waals surface area (Å²) >= 11 is 0. The number of fused-ring (bicyclic) bond motifs is 2. The molecule has 2 aliphatic heterocycles. The quantitative estimate of drug-likeness (QED) is 0.827. The van der Waals surface area contributed by atoms with Gasteiger partial charge < -0.3 is 5.32 Å². The number of piperidine rings is 1. The molecule has 0 radical (unpaired) electrons. The third-order valence-electron chi connectivity index (χ3n) is 3.83. The minimum atomic E-state index is -1.00. The zero-order valence-corrected chi connectivity index (χ0v) is 9.32. The van der Waals surface area contributed by atoms with Crippen LogP contribution >= 0.6 is 0 Å². The lowest BCUT2D eigenvalue weighted by Crippen LogP contribution is -2.47. The normalized spacial score (nSPS) is 37.6. The first-order valence-electron chi connectivity index (χ1n) is 6.07. The number of alkyl halides is 1. The highest BCUT2D eigenvalue weighted by molar-refractivity contribution is 5.15. The summed E-state index contributed by atoms with van der Waals surface area (Å²) in [6, 6.07) is 4.66. The summed E-state index contributed by atoms with van der Waals surface area (Å²) in [7, 11) is 0. The first kappa shape index (κ1) is 10.2. The molecule has 0 saturated carbocycles. The Hall–Kier alpha value is -0.960. The first-order valence-corrected chi connectivity index (χ1v) is 6.07. The van der Waals surface area contributed by atoms with Gasteiger partial charge in [-0.2, -0.15) is 0 Å². The van der Waals surface area contributed by atoms with Gasteiger partial charge in [-0.3, -0.25) is 4.98 Å². The van der Waals surface area contributed by atoms with E-state index in [1.807, 2.05) is 12.1 Å². The van der Waals surface area contributed by atoms with Crippen LogP contribution in [0.15, 0.2) is 24.5 Å². The average molecular weight is 220 g/mol. The van der Waals surface area contributed by atoms with Crippen molar-refractivity contribution in [2.24, 2.45) is 0 Å². The van der Waals surface area contributed by atoms with Crippen molar-refractivity contribution in [1.29, 1.82) is 0 Å². The Morgan fingerprint density at radius 2 is 1.88 bits per heavy atom. The summed E-state index contributed by atoms with van der Waals surface area (Å²) in [5.74, 6) is 0.